The van der Waals surface area contributed by atoms with Crippen LogP contribution >= 0.6 is 7.37 Å². The highest BCUT2D eigenvalue weighted by Gasteiger charge is 2.26. The molecular weight excluding hydrogens is 165 g/mol. The van der Waals surface area contributed by atoms with Crippen molar-refractivity contribution in [1.29, 1.82) is 5.26 Å². The maximum atomic E-state index is 11.0. The van der Waals surface area contributed by atoms with Gasteiger partial charge in [0.05, 0.1) is 11.4 Å². The van der Waals surface area contributed by atoms with Crippen molar-refractivity contribution in [2.45, 2.75) is 25.6 Å². The Kier molecular flexibility index (Phi) is 3.25. The van der Waals surface area contributed by atoms with Crippen molar-refractivity contribution in [2.75, 3.05) is 6.16 Å². The van der Waals surface area contributed by atoms with Crippen LogP contribution in [0.5, 0.6) is 0 Å². The molecule has 1 N–H and O–H groups in total. The summed E-state index contributed by atoms with van der Waals surface area (Å²) in [6.07, 6.45) is -0.322. The van der Waals surface area contributed by atoms with Crippen molar-refractivity contribution in [3.8, 4) is 6.07 Å². The first-order valence-electron chi connectivity index (χ1n) is 3.21. The Morgan fingerprint density at radius 2 is 2.18 bits per heavy atom. The molecule has 0 aliphatic carbocycles. The molecule has 1 unspecified atom stereocenters. The van der Waals surface area contributed by atoms with Crippen LogP contribution in [0, 0.1) is 11.3 Å². The van der Waals surface area contributed by atoms with Crippen LogP contribution in [0.1, 0.15) is 20.3 Å². The maximum Gasteiger partial charge on any atom is 0.0990 e. The molecule has 0 aromatic carbocycles. The van der Waals surface area contributed by atoms with Crippen molar-refractivity contribution in [2.24, 2.45) is 0 Å². The third kappa shape index (κ3) is 3.02. The van der Waals surface area contributed by atoms with Crippen LogP contribution in [0.2, 0.25) is 0 Å². The molecule has 0 radical (unpaired) electrons. The fraction of sp³-hybridized carbons (Fsp3) is 0.833. The summed E-state index contributed by atoms with van der Waals surface area (Å²) in [5.41, 5.74) is 0. The van der Waals surface area contributed by atoms with Gasteiger partial charge >= 0.3 is 0 Å². The molecule has 0 saturated heterocycles. The third-order valence-electron chi connectivity index (χ3n) is 1.35. The first kappa shape index (κ1) is 10.6. The number of aliphatic hydroxyl groups is 1. The third-order valence-corrected chi connectivity index (χ3v) is 3.83. The summed E-state index contributed by atoms with van der Waals surface area (Å²) in [7, 11) is -3.81. The molecule has 0 aromatic heterocycles. The molecule has 0 fully saturated rings. The summed E-state index contributed by atoms with van der Waals surface area (Å²) in [6.45, 7) is 2.41. The smallest absolute Gasteiger partial charge is 0.0990 e. The topological polar surface area (TPSA) is 84.2 Å². The SMILES string of the molecule is CC(C)(O)P(=O)([O-])CCC#N. The first-order chi connectivity index (χ1) is 4.81. The van der Waals surface area contributed by atoms with Gasteiger partial charge in [0.25, 0.3) is 0 Å². The highest BCUT2D eigenvalue weighted by atomic mass is 31.2. The minimum absolute atomic E-state index is 0.0647. The minimum Gasteiger partial charge on any atom is -0.797 e. The van der Waals surface area contributed by atoms with E-state index in [1.54, 1.807) is 6.07 Å². The number of nitrogens with zero attached hydrogens (tertiary/aromatic N) is 1. The number of rotatable bonds is 3. The van der Waals surface area contributed by atoms with Gasteiger partial charge in [0.2, 0.25) is 0 Å². The van der Waals surface area contributed by atoms with Crippen molar-refractivity contribution < 1.29 is 14.6 Å². The Morgan fingerprint density at radius 3 is 2.45 bits per heavy atom. The van der Waals surface area contributed by atoms with E-state index in [0.717, 1.165) is 0 Å². The molecule has 1 atom stereocenters. The van der Waals surface area contributed by atoms with Gasteiger partial charge in [-0.25, -0.2) is 0 Å². The lowest BCUT2D eigenvalue weighted by Crippen LogP contribution is -2.28. The van der Waals surface area contributed by atoms with E-state index < -0.39 is 12.7 Å². The van der Waals surface area contributed by atoms with E-state index in [0.29, 0.717) is 0 Å². The molecule has 0 rings (SSSR count). The predicted molar refractivity (Wildman–Crippen MR) is 39.0 cm³/mol. The Morgan fingerprint density at radius 1 is 1.73 bits per heavy atom. The molecule has 0 bridgehead atoms. The second kappa shape index (κ2) is 3.36. The van der Waals surface area contributed by atoms with Crippen LogP contribution in [0.25, 0.3) is 0 Å². The van der Waals surface area contributed by atoms with E-state index in [4.69, 9.17) is 10.4 Å². The molecular formula is C6H11NO3P-. The fourth-order valence-electron chi connectivity index (χ4n) is 0.471. The van der Waals surface area contributed by atoms with Gasteiger partial charge in [0.15, 0.2) is 0 Å². The van der Waals surface area contributed by atoms with Crippen molar-refractivity contribution in [3.63, 3.8) is 0 Å². The molecule has 0 heterocycles. The molecule has 11 heavy (non-hydrogen) atoms. The minimum atomic E-state index is -3.81. The lowest BCUT2D eigenvalue weighted by Gasteiger charge is -2.34. The Bertz CT molecular complexity index is 213. The molecule has 0 amide bonds. The molecule has 0 aliphatic rings. The van der Waals surface area contributed by atoms with Crippen LogP contribution in [-0.4, -0.2) is 16.6 Å². The monoisotopic (exact) mass is 176 g/mol. The van der Waals surface area contributed by atoms with E-state index in [1.807, 2.05) is 0 Å². The molecule has 4 nitrogen and oxygen atoms in total. The summed E-state index contributed by atoms with van der Waals surface area (Å²) in [4.78, 5) is 11.0. The molecule has 0 aromatic rings. The van der Waals surface area contributed by atoms with Crippen molar-refractivity contribution in [3.05, 3.63) is 0 Å². The zero-order valence-electron chi connectivity index (χ0n) is 6.57. The van der Waals surface area contributed by atoms with Gasteiger partial charge in [0.1, 0.15) is 0 Å². The van der Waals surface area contributed by atoms with E-state index >= 15 is 0 Å². The van der Waals surface area contributed by atoms with Gasteiger partial charge in [-0.1, -0.05) is 0 Å². The average Bonchev–Trinajstić information content (AvgIpc) is 1.81. The molecule has 0 saturated carbocycles. The number of nitriles is 1. The normalized spacial score (nSPS) is 17.0. The summed E-state index contributed by atoms with van der Waals surface area (Å²) >= 11 is 0. The summed E-state index contributed by atoms with van der Waals surface area (Å²) < 4.78 is 11.0. The van der Waals surface area contributed by atoms with Gasteiger partial charge in [-0.3, -0.25) is 0 Å². The number of hydrogen-bond acceptors (Lipinski definition) is 4. The lowest BCUT2D eigenvalue weighted by atomic mass is 10.5. The van der Waals surface area contributed by atoms with Gasteiger partial charge in [-0.15, -0.1) is 0 Å². The van der Waals surface area contributed by atoms with Crippen LogP contribution in [0.3, 0.4) is 0 Å². The van der Waals surface area contributed by atoms with Crippen molar-refractivity contribution >= 4 is 7.37 Å². The zero-order valence-corrected chi connectivity index (χ0v) is 7.47. The van der Waals surface area contributed by atoms with E-state index in [-0.39, 0.29) is 12.6 Å². The molecule has 0 spiro atoms. The van der Waals surface area contributed by atoms with E-state index in [1.165, 1.54) is 13.8 Å². The first-order valence-corrected chi connectivity index (χ1v) is 5.02. The summed E-state index contributed by atoms with van der Waals surface area (Å²) in [6, 6.07) is 1.71. The predicted octanol–water partition coefficient (Wildman–Crippen LogP) is 0.267. The highest BCUT2D eigenvalue weighted by Crippen LogP contribution is 2.48. The van der Waals surface area contributed by atoms with Crippen molar-refractivity contribution in [1.82, 2.24) is 0 Å². The van der Waals surface area contributed by atoms with Crippen LogP contribution in [0.4, 0.5) is 0 Å². The second-order valence-electron chi connectivity index (χ2n) is 2.80. The average molecular weight is 176 g/mol. The second-order valence-corrected chi connectivity index (χ2v) is 5.69. The van der Waals surface area contributed by atoms with Gasteiger partial charge in [0, 0.05) is 20.0 Å². The van der Waals surface area contributed by atoms with E-state index in [9.17, 15) is 9.46 Å². The fourth-order valence-corrected chi connectivity index (χ4v) is 1.41. The lowest BCUT2D eigenvalue weighted by molar-refractivity contribution is -0.188. The molecule has 64 valence electrons. The van der Waals surface area contributed by atoms with Gasteiger partial charge in [-0.05, 0) is 13.8 Å². The molecule has 5 heteroatoms. The van der Waals surface area contributed by atoms with Gasteiger partial charge < -0.3 is 14.6 Å². The van der Waals surface area contributed by atoms with Crippen LogP contribution < -0.4 is 4.89 Å². The Hall–Kier alpha value is -0.360. The molecule has 0 aliphatic heterocycles. The summed E-state index contributed by atoms with van der Waals surface area (Å²) in [5.74, 6) is 0. The Balaban J connectivity index is 4.27. The van der Waals surface area contributed by atoms with Gasteiger partial charge in [-0.2, -0.15) is 5.26 Å². The zero-order chi connectivity index (χ0) is 9.12. The van der Waals surface area contributed by atoms with Crippen LogP contribution in [-0.2, 0) is 4.57 Å². The Labute approximate surface area is 65.9 Å². The quantitative estimate of drug-likeness (QED) is 0.625. The maximum absolute atomic E-state index is 11.0. The number of hydrogen-bond donors (Lipinski definition) is 1. The van der Waals surface area contributed by atoms with E-state index in [2.05, 4.69) is 0 Å². The standard InChI is InChI=1S/C6H12NO3P/c1-6(2,8)11(9,10)5-3-4-7/h8H,3,5H2,1-2H3,(H,9,10)/p-1. The van der Waals surface area contributed by atoms with Crippen LogP contribution in [0.15, 0.2) is 0 Å². The summed E-state index contributed by atoms with van der Waals surface area (Å²) in [5, 5.41) is 15.5. The highest BCUT2D eigenvalue weighted by molar-refractivity contribution is 7.57. The largest absolute Gasteiger partial charge is 0.797 e.